The number of hydrogen-bond donors (Lipinski definition) is 0. The lowest BCUT2D eigenvalue weighted by atomic mass is 10.1. The van der Waals surface area contributed by atoms with Gasteiger partial charge < -0.3 is 4.42 Å². The maximum atomic E-state index is 12.1. The first-order chi connectivity index (χ1) is 8.22. The van der Waals surface area contributed by atoms with Crippen LogP contribution in [-0.2, 0) is 0 Å². The summed E-state index contributed by atoms with van der Waals surface area (Å²) in [7, 11) is 0. The molecule has 0 fully saturated rings. The molecule has 0 unspecified atom stereocenters. The first-order valence-corrected chi connectivity index (χ1v) is 7.00. The molecule has 0 atom stereocenters. The summed E-state index contributed by atoms with van der Waals surface area (Å²) < 4.78 is 5.85. The van der Waals surface area contributed by atoms with Crippen molar-refractivity contribution in [1.29, 1.82) is 0 Å². The molecule has 0 saturated carbocycles. The van der Waals surface area contributed by atoms with Crippen LogP contribution in [0.5, 0.6) is 0 Å². The first kappa shape index (κ1) is 12.5. The molecule has 0 amide bonds. The highest BCUT2D eigenvalue weighted by molar-refractivity contribution is 9.10. The fourth-order valence-electron chi connectivity index (χ4n) is 1.46. The van der Waals surface area contributed by atoms with Crippen LogP contribution >= 0.6 is 27.7 Å². The Kier molecular flexibility index (Phi) is 4.07. The number of rotatable bonds is 4. The maximum Gasteiger partial charge on any atom is 0.229 e. The Morgan fingerprint density at radius 2 is 2.00 bits per heavy atom. The second-order valence-electron chi connectivity index (χ2n) is 3.38. The molecule has 2 nitrogen and oxygen atoms in total. The van der Waals surface area contributed by atoms with E-state index in [4.69, 9.17) is 4.42 Å². The number of carbonyl (C=O) groups is 1. The van der Waals surface area contributed by atoms with Gasteiger partial charge in [0.25, 0.3) is 0 Å². The minimum atomic E-state index is -0.102. The van der Waals surface area contributed by atoms with E-state index in [1.807, 2.05) is 24.3 Å². The van der Waals surface area contributed by atoms with E-state index in [2.05, 4.69) is 22.9 Å². The van der Waals surface area contributed by atoms with Crippen LogP contribution in [0, 0.1) is 0 Å². The normalized spacial score (nSPS) is 10.5. The summed E-state index contributed by atoms with van der Waals surface area (Å²) in [5.74, 6) is 1.27. The van der Waals surface area contributed by atoms with Gasteiger partial charge in [0.05, 0.1) is 10.7 Å². The first-order valence-electron chi connectivity index (χ1n) is 5.23. The lowest BCUT2D eigenvalue weighted by Gasteiger charge is -2.01. The zero-order valence-electron chi connectivity index (χ0n) is 9.27. The van der Waals surface area contributed by atoms with E-state index in [0.29, 0.717) is 15.8 Å². The van der Waals surface area contributed by atoms with Gasteiger partial charge in [0.1, 0.15) is 0 Å². The van der Waals surface area contributed by atoms with E-state index in [9.17, 15) is 4.79 Å². The smallest absolute Gasteiger partial charge is 0.229 e. The average Bonchev–Trinajstić information content (AvgIpc) is 2.76. The molecule has 0 saturated heterocycles. The monoisotopic (exact) mass is 310 g/mol. The fraction of sp³-hybridized carbons (Fsp3) is 0.154. The van der Waals surface area contributed by atoms with Crippen LogP contribution in [0.3, 0.4) is 0 Å². The predicted octanol–water partition coefficient (Wildman–Crippen LogP) is 4.39. The van der Waals surface area contributed by atoms with Crippen molar-refractivity contribution in [1.82, 2.24) is 0 Å². The zero-order valence-corrected chi connectivity index (χ0v) is 11.7. The second-order valence-corrected chi connectivity index (χ2v) is 5.58. The lowest BCUT2D eigenvalue weighted by molar-refractivity contribution is 0.101. The Hall–Kier alpha value is -1.00. The van der Waals surface area contributed by atoms with E-state index in [1.165, 1.54) is 11.2 Å². The summed E-state index contributed by atoms with van der Waals surface area (Å²) in [4.78, 5) is 13.2. The van der Waals surface area contributed by atoms with E-state index >= 15 is 0 Å². The van der Waals surface area contributed by atoms with Crippen molar-refractivity contribution < 1.29 is 9.21 Å². The molecule has 4 heteroatoms. The van der Waals surface area contributed by atoms with Gasteiger partial charge in [-0.3, -0.25) is 4.79 Å². The van der Waals surface area contributed by atoms with E-state index in [1.54, 1.807) is 17.8 Å². The lowest BCUT2D eigenvalue weighted by Crippen LogP contribution is -1.99. The van der Waals surface area contributed by atoms with Gasteiger partial charge in [-0.1, -0.05) is 6.92 Å². The average molecular weight is 311 g/mol. The van der Waals surface area contributed by atoms with Crippen LogP contribution < -0.4 is 0 Å². The largest absolute Gasteiger partial charge is 0.460 e. The standard InChI is InChI=1S/C13H11BrO2S/c1-2-17-10-5-3-9(4-6-10)12(15)13-11(14)7-8-16-13/h3-8H,2H2,1H3. The molecule has 88 valence electrons. The topological polar surface area (TPSA) is 30.2 Å². The van der Waals surface area contributed by atoms with Gasteiger partial charge in [-0.25, -0.2) is 0 Å². The Balaban J connectivity index is 2.23. The highest BCUT2D eigenvalue weighted by Gasteiger charge is 2.15. The minimum absolute atomic E-state index is 0.102. The Morgan fingerprint density at radius 1 is 1.29 bits per heavy atom. The molecule has 0 radical (unpaired) electrons. The molecule has 0 aliphatic rings. The molecule has 0 aliphatic carbocycles. The van der Waals surface area contributed by atoms with Crippen molar-refractivity contribution in [2.45, 2.75) is 11.8 Å². The molecule has 1 heterocycles. The third-order valence-electron chi connectivity index (χ3n) is 2.25. The number of halogens is 1. The zero-order chi connectivity index (χ0) is 12.3. The van der Waals surface area contributed by atoms with Gasteiger partial charge in [0.15, 0.2) is 5.76 Å². The Bertz CT molecular complexity index is 516. The summed E-state index contributed by atoms with van der Waals surface area (Å²) in [6, 6.07) is 9.29. The molecule has 0 spiro atoms. The van der Waals surface area contributed by atoms with Crippen molar-refractivity contribution in [3.8, 4) is 0 Å². The Labute approximate surface area is 113 Å². The molecule has 0 aliphatic heterocycles. The number of carbonyl (C=O) groups excluding carboxylic acids is 1. The number of ketones is 1. The van der Waals surface area contributed by atoms with Gasteiger partial charge in [-0.05, 0) is 52.0 Å². The fourth-order valence-corrected chi connectivity index (χ4v) is 2.50. The van der Waals surface area contributed by atoms with Crippen molar-refractivity contribution >= 4 is 33.5 Å². The molecular weight excluding hydrogens is 300 g/mol. The number of hydrogen-bond acceptors (Lipinski definition) is 3. The van der Waals surface area contributed by atoms with Crippen molar-refractivity contribution in [2.24, 2.45) is 0 Å². The molecular formula is C13H11BrO2S. The van der Waals surface area contributed by atoms with E-state index in [-0.39, 0.29) is 5.78 Å². The third kappa shape index (κ3) is 2.82. The Morgan fingerprint density at radius 3 is 2.53 bits per heavy atom. The van der Waals surface area contributed by atoms with Gasteiger partial charge >= 0.3 is 0 Å². The molecule has 0 bridgehead atoms. The van der Waals surface area contributed by atoms with Crippen LogP contribution in [0.15, 0.2) is 50.4 Å². The van der Waals surface area contributed by atoms with Crippen molar-refractivity contribution in [3.63, 3.8) is 0 Å². The molecule has 1 aromatic carbocycles. The van der Waals surface area contributed by atoms with Gasteiger partial charge in [0, 0.05) is 10.5 Å². The number of furan rings is 1. The predicted molar refractivity (Wildman–Crippen MR) is 72.7 cm³/mol. The molecule has 0 N–H and O–H groups in total. The van der Waals surface area contributed by atoms with Crippen LogP contribution in [0.25, 0.3) is 0 Å². The summed E-state index contributed by atoms with van der Waals surface area (Å²) in [5, 5.41) is 0. The summed E-state index contributed by atoms with van der Waals surface area (Å²) in [6.07, 6.45) is 1.50. The molecule has 1 aromatic heterocycles. The van der Waals surface area contributed by atoms with Gasteiger partial charge in [-0.15, -0.1) is 11.8 Å². The molecule has 17 heavy (non-hydrogen) atoms. The number of benzene rings is 1. The van der Waals surface area contributed by atoms with Crippen molar-refractivity contribution in [2.75, 3.05) is 5.75 Å². The third-order valence-corrected chi connectivity index (χ3v) is 3.77. The maximum absolute atomic E-state index is 12.1. The van der Waals surface area contributed by atoms with E-state index < -0.39 is 0 Å². The van der Waals surface area contributed by atoms with Crippen LogP contribution in [0.1, 0.15) is 23.0 Å². The van der Waals surface area contributed by atoms with E-state index in [0.717, 1.165) is 5.75 Å². The number of thioether (sulfide) groups is 1. The quantitative estimate of drug-likeness (QED) is 0.620. The summed E-state index contributed by atoms with van der Waals surface area (Å²) in [5.41, 5.74) is 0.640. The SMILES string of the molecule is CCSc1ccc(C(=O)c2occc2Br)cc1. The van der Waals surface area contributed by atoms with Gasteiger partial charge in [0.2, 0.25) is 5.78 Å². The van der Waals surface area contributed by atoms with Crippen LogP contribution in [0.4, 0.5) is 0 Å². The van der Waals surface area contributed by atoms with Crippen LogP contribution in [0.2, 0.25) is 0 Å². The molecule has 2 aromatic rings. The summed E-state index contributed by atoms with van der Waals surface area (Å²) in [6.45, 7) is 2.10. The highest BCUT2D eigenvalue weighted by atomic mass is 79.9. The minimum Gasteiger partial charge on any atom is -0.460 e. The van der Waals surface area contributed by atoms with Crippen molar-refractivity contribution in [3.05, 3.63) is 52.4 Å². The second kappa shape index (κ2) is 5.56. The highest BCUT2D eigenvalue weighted by Crippen LogP contribution is 2.23. The van der Waals surface area contributed by atoms with Gasteiger partial charge in [-0.2, -0.15) is 0 Å². The molecule has 2 rings (SSSR count). The summed E-state index contributed by atoms with van der Waals surface area (Å²) >= 11 is 5.04. The van der Waals surface area contributed by atoms with Crippen LogP contribution in [-0.4, -0.2) is 11.5 Å².